The molecule has 0 amide bonds. The van der Waals surface area contributed by atoms with Crippen LogP contribution in [0.2, 0.25) is 0 Å². The van der Waals surface area contributed by atoms with Crippen molar-refractivity contribution in [3.63, 3.8) is 0 Å². The van der Waals surface area contributed by atoms with Crippen LogP contribution in [0.1, 0.15) is 40.0 Å². The van der Waals surface area contributed by atoms with Crippen LogP contribution >= 0.6 is 0 Å². The summed E-state index contributed by atoms with van der Waals surface area (Å²) >= 11 is 0. The molecule has 0 saturated heterocycles. The van der Waals surface area contributed by atoms with Crippen molar-refractivity contribution in [3.05, 3.63) is 11.3 Å². The molecule has 1 aliphatic rings. The van der Waals surface area contributed by atoms with E-state index in [1.54, 1.807) is 0 Å². The summed E-state index contributed by atoms with van der Waals surface area (Å²) in [5.74, 6) is 0. The van der Waals surface area contributed by atoms with E-state index in [0.29, 0.717) is 5.41 Å². The zero-order chi connectivity index (χ0) is 9.35. The Bertz CT molecular complexity index is 232. The van der Waals surface area contributed by atoms with Gasteiger partial charge < -0.3 is 11.1 Å². The molecule has 1 saturated carbocycles. The Morgan fingerprint density at radius 2 is 2.08 bits per heavy atom. The second-order valence-electron chi connectivity index (χ2n) is 4.48. The van der Waals surface area contributed by atoms with Gasteiger partial charge in [0.15, 0.2) is 0 Å². The summed E-state index contributed by atoms with van der Waals surface area (Å²) < 4.78 is 0. The van der Waals surface area contributed by atoms with E-state index < -0.39 is 0 Å². The number of hydrogen-bond acceptors (Lipinski definition) is 2. The Labute approximate surface area is 74.4 Å². The minimum absolute atomic E-state index is 0.334. The fourth-order valence-corrected chi connectivity index (χ4v) is 1.67. The van der Waals surface area contributed by atoms with Crippen molar-refractivity contribution < 1.29 is 0 Å². The van der Waals surface area contributed by atoms with Gasteiger partial charge >= 0.3 is 0 Å². The van der Waals surface area contributed by atoms with Crippen LogP contribution in [0.5, 0.6) is 0 Å². The third-order valence-corrected chi connectivity index (χ3v) is 2.55. The van der Waals surface area contributed by atoms with Crippen LogP contribution in [-0.4, -0.2) is 5.71 Å². The van der Waals surface area contributed by atoms with Crippen LogP contribution < -0.4 is 5.73 Å². The van der Waals surface area contributed by atoms with Crippen LogP contribution in [0.15, 0.2) is 11.3 Å². The van der Waals surface area contributed by atoms with Crippen molar-refractivity contribution >= 4 is 5.71 Å². The van der Waals surface area contributed by atoms with Crippen molar-refractivity contribution in [1.29, 1.82) is 5.41 Å². The fraction of sp³-hybridized carbons (Fsp3) is 0.700. The van der Waals surface area contributed by atoms with Crippen molar-refractivity contribution in [2.75, 3.05) is 0 Å². The molecule has 0 radical (unpaired) electrons. The average Bonchev–Trinajstić information content (AvgIpc) is 1.94. The van der Waals surface area contributed by atoms with E-state index in [9.17, 15) is 0 Å². The predicted molar refractivity (Wildman–Crippen MR) is 52.2 cm³/mol. The third-order valence-electron chi connectivity index (χ3n) is 2.55. The van der Waals surface area contributed by atoms with Crippen LogP contribution in [0.3, 0.4) is 0 Å². The van der Waals surface area contributed by atoms with E-state index in [0.717, 1.165) is 36.2 Å². The number of rotatable bonds is 0. The normalized spacial score (nSPS) is 27.1. The molecule has 0 heterocycles. The first-order chi connectivity index (χ1) is 5.42. The molecule has 0 aromatic heterocycles. The monoisotopic (exact) mass is 166 g/mol. The molecule has 68 valence electrons. The van der Waals surface area contributed by atoms with Gasteiger partial charge in [0.05, 0.1) is 0 Å². The second-order valence-corrected chi connectivity index (χ2v) is 4.48. The predicted octanol–water partition coefficient (Wildman–Crippen LogP) is 2.45. The van der Waals surface area contributed by atoms with E-state index in [4.69, 9.17) is 11.1 Å². The van der Waals surface area contributed by atoms with Gasteiger partial charge in [-0.05, 0) is 37.2 Å². The molecular weight excluding hydrogens is 148 g/mol. The maximum Gasteiger partial charge on any atom is 0.0363 e. The Morgan fingerprint density at radius 3 is 2.50 bits per heavy atom. The fourth-order valence-electron chi connectivity index (χ4n) is 1.67. The quantitative estimate of drug-likeness (QED) is 0.570. The molecule has 0 unspecified atom stereocenters. The minimum atomic E-state index is 0.334. The Balaban J connectivity index is 2.88. The summed E-state index contributed by atoms with van der Waals surface area (Å²) in [6.07, 6.45) is 2.97. The van der Waals surface area contributed by atoms with E-state index in [1.807, 2.05) is 6.92 Å². The van der Waals surface area contributed by atoms with Crippen LogP contribution in [0.4, 0.5) is 0 Å². The van der Waals surface area contributed by atoms with Crippen molar-refractivity contribution in [2.24, 2.45) is 11.1 Å². The molecule has 0 aliphatic heterocycles. The molecule has 1 fully saturated rings. The highest BCUT2D eigenvalue weighted by Crippen LogP contribution is 2.36. The second kappa shape index (κ2) is 2.92. The lowest BCUT2D eigenvalue weighted by Crippen LogP contribution is -2.25. The van der Waals surface area contributed by atoms with Gasteiger partial charge in [-0.3, -0.25) is 0 Å². The largest absolute Gasteiger partial charge is 0.402 e. The van der Waals surface area contributed by atoms with Crippen molar-refractivity contribution in [1.82, 2.24) is 0 Å². The van der Waals surface area contributed by atoms with Gasteiger partial charge in [0.2, 0.25) is 0 Å². The highest BCUT2D eigenvalue weighted by Gasteiger charge is 2.27. The van der Waals surface area contributed by atoms with Crippen molar-refractivity contribution in [2.45, 2.75) is 40.0 Å². The van der Waals surface area contributed by atoms with Crippen LogP contribution in [0, 0.1) is 10.8 Å². The maximum absolute atomic E-state index is 7.72. The molecule has 0 atom stereocenters. The van der Waals surface area contributed by atoms with E-state index in [-0.39, 0.29) is 0 Å². The van der Waals surface area contributed by atoms with Gasteiger partial charge in [0.25, 0.3) is 0 Å². The number of nitrogens with two attached hydrogens (primary N) is 1. The summed E-state index contributed by atoms with van der Waals surface area (Å²) in [7, 11) is 0. The average molecular weight is 166 g/mol. The van der Waals surface area contributed by atoms with Gasteiger partial charge in [-0.25, -0.2) is 0 Å². The number of hydrogen-bond donors (Lipinski definition) is 2. The summed E-state index contributed by atoms with van der Waals surface area (Å²) in [5.41, 5.74) is 8.70. The lowest BCUT2D eigenvalue weighted by Gasteiger charge is -2.32. The van der Waals surface area contributed by atoms with Gasteiger partial charge in [-0.1, -0.05) is 13.8 Å². The summed E-state index contributed by atoms with van der Waals surface area (Å²) in [6.45, 7) is 6.37. The molecule has 2 heteroatoms. The molecule has 3 N–H and O–H groups in total. The maximum atomic E-state index is 7.72. The molecule has 1 rings (SSSR count). The first-order valence-corrected chi connectivity index (χ1v) is 4.45. The molecule has 0 bridgehead atoms. The molecule has 0 aromatic rings. The van der Waals surface area contributed by atoms with Gasteiger partial charge in [0.1, 0.15) is 0 Å². The number of nitrogens with one attached hydrogen (secondary N) is 1. The Kier molecular flexibility index (Phi) is 2.27. The first-order valence-electron chi connectivity index (χ1n) is 4.45. The van der Waals surface area contributed by atoms with E-state index >= 15 is 0 Å². The van der Waals surface area contributed by atoms with Gasteiger partial charge in [-0.2, -0.15) is 0 Å². The summed E-state index contributed by atoms with van der Waals surface area (Å²) in [5, 5.41) is 7.72. The molecule has 0 aromatic carbocycles. The lowest BCUT2D eigenvalue weighted by atomic mass is 9.74. The van der Waals surface area contributed by atoms with Crippen molar-refractivity contribution in [3.8, 4) is 0 Å². The van der Waals surface area contributed by atoms with Crippen LogP contribution in [-0.2, 0) is 0 Å². The molecule has 1 aliphatic carbocycles. The summed E-state index contributed by atoms with van der Waals surface area (Å²) in [6, 6.07) is 0. The Hall–Kier alpha value is -0.790. The molecule has 12 heavy (non-hydrogen) atoms. The highest BCUT2D eigenvalue weighted by atomic mass is 14.6. The molecule has 0 spiro atoms. The standard InChI is InChI=1S/C10H18N2/c1-7(11)8-6-10(2,3)5-4-9(8)12/h12H,4-6,11H2,1-3H3. The van der Waals surface area contributed by atoms with Gasteiger partial charge in [-0.15, -0.1) is 0 Å². The SMILES string of the molecule is CC(N)=C1CC(C)(C)CCC1=N. The Morgan fingerprint density at radius 1 is 1.50 bits per heavy atom. The first kappa shape index (κ1) is 9.30. The molecule has 2 nitrogen and oxygen atoms in total. The minimum Gasteiger partial charge on any atom is -0.402 e. The van der Waals surface area contributed by atoms with E-state index in [1.165, 1.54) is 0 Å². The number of allylic oxidation sites excluding steroid dienone is 2. The smallest absolute Gasteiger partial charge is 0.0363 e. The lowest BCUT2D eigenvalue weighted by molar-refractivity contribution is 0.328. The zero-order valence-corrected chi connectivity index (χ0v) is 8.20. The molecular formula is C10H18N2. The topological polar surface area (TPSA) is 49.9 Å². The zero-order valence-electron chi connectivity index (χ0n) is 8.20. The highest BCUT2D eigenvalue weighted by molar-refractivity contribution is 5.99. The summed E-state index contributed by atoms with van der Waals surface area (Å²) in [4.78, 5) is 0. The van der Waals surface area contributed by atoms with Gasteiger partial charge in [0, 0.05) is 11.4 Å². The van der Waals surface area contributed by atoms with E-state index in [2.05, 4.69) is 13.8 Å². The van der Waals surface area contributed by atoms with Crippen LogP contribution in [0.25, 0.3) is 0 Å². The third kappa shape index (κ3) is 1.87.